The summed E-state index contributed by atoms with van der Waals surface area (Å²) in [4.78, 5) is 16.4. The Morgan fingerprint density at radius 3 is 2.93 bits per heavy atom. The van der Waals surface area contributed by atoms with Gasteiger partial charge in [-0.2, -0.15) is 0 Å². The second-order valence-corrected chi connectivity index (χ2v) is 4.42. The maximum absolute atomic E-state index is 11.3. The van der Waals surface area contributed by atoms with Crippen LogP contribution < -0.4 is 5.32 Å². The Kier molecular flexibility index (Phi) is 2.74. The molecule has 2 aromatic rings. The molecular formula is C8H8N4OS2. The molecule has 0 saturated heterocycles. The van der Waals surface area contributed by atoms with Gasteiger partial charge in [0, 0.05) is 12.4 Å². The van der Waals surface area contributed by atoms with E-state index in [4.69, 9.17) is 0 Å². The Morgan fingerprint density at radius 1 is 1.53 bits per heavy atom. The molecular weight excluding hydrogens is 232 g/mol. The number of aryl methyl sites for hydroxylation is 1. The van der Waals surface area contributed by atoms with Crippen LogP contribution in [0.15, 0.2) is 5.38 Å². The largest absolute Gasteiger partial charge is 0.354 e. The van der Waals surface area contributed by atoms with Crippen LogP contribution in [0, 0.1) is 6.92 Å². The Labute approximate surface area is 94.3 Å². The van der Waals surface area contributed by atoms with Crippen molar-refractivity contribution in [3.05, 3.63) is 16.8 Å². The molecule has 1 amide bonds. The van der Waals surface area contributed by atoms with Crippen molar-refractivity contribution in [3.63, 3.8) is 0 Å². The Hall–Kier alpha value is -1.34. The number of nitrogens with zero attached hydrogens (tertiary/aromatic N) is 3. The molecule has 0 saturated carbocycles. The summed E-state index contributed by atoms with van der Waals surface area (Å²) < 4.78 is 3.83. The molecule has 2 heterocycles. The molecule has 15 heavy (non-hydrogen) atoms. The van der Waals surface area contributed by atoms with Crippen LogP contribution in [0.25, 0.3) is 9.88 Å². The molecule has 0 aliphatic rings. The second-order valence-electron chi connectivity index (χ2n) is 2.80. The Balaban J connectivity index is 2.36. The number of rotatable bonds is 2. The van der Waals surface area contributed by atoms with Crippen LogP contribution >= 0.6 is 22.9 Å². The number of amides is 1. The number of thiazole rings is 1. The van der Waals surface area contributed by atoms with Crippen molar-refractivity contribution in [2.24, 2.45) is 0 Å². The molecule has 0 aliphatic heterocycles. The molecule has 2 rings (SSSR count). The predicted molar refractivity (Wildman–Crippen MR) is 59.1 cm³/mol. The minimum atomic E-state index is -0.173. The fourth-order valence-corrected chi connectivity index (χ4v) is 2.62. The summed E-state index contributed by atoms with van der Waals surface area (Å²) in [6.45, 7) is 1.87. The van der Waals surface area contributed by atoms with Crippen LogP contribution in [0.3, 0.4) is 0 Å². The molecule has 0 bridgehead atoms. The van der Waals surface area contributed by atoms with Gasteiger partial charge in [-0.1, -0.05) is 4.49 Å². The average molecular weight is 240 g/mol. The van der Waals surface area contributed by atoms with Crippen LogP contribution in [-0.4, -0.2) is 27.5 Å². The van der Waals surface area contributed by atoms with Crippen LogP contribution in [0.4, 0.5) is 0 Å². The highest BCUT2D eigenvalue weighted by Crippen LogP contribution is 2.28. The summed E-state index contributed by atoms with van der Waals surface area (Å²) in [6.07, 6.45) is 0. The number of hydrogen-bond donors (Lipinski definition) is 1. The van der Waals surface area contributed by atoms with Gasteiger partial charge < -0.3 is 5.32 Å². The highest BCUT2D eigenvalue weighted by Gasteiger charge is 2.13. The van der Waals surface area contributed by atoms with Gasteiger partial charge in [-0.15, -0.1) is 16.4 Å². The molecule has 2 aromatic heterocycles. The molecule has 0 unspecified atom stereocenters. The third kappa shape index (κ3) is 1.88. The van der Waals surface area contributed by atoms with Crippen molar-refractivity contribution < 1.29 is 4.79 Å². The Morgan fingerprint density at radius 2 is 2.33 bits per heavy atom. The predicted octanol–water partition coefficient (Wildman–Crippen LogP) is 1.33. The first-order chi connectivity index (χ1) is 7.22. The molecule has 5 nitrogen and oxygen atoms in total. The number of carbonyl (C=O) groups is 1. The van der Waals surface area contributed by atoms with E-state index in [9.17, 15) is 4.79 Å². The van der Waals surface area contributed by atoms with Gasteiger partial charge in [-0.3, -0.25) is 4.79 Å². The molecule has 0 aliphatic carbocycles. The first kappa shape index (κ1) is 10.2. The van der Waals surface area contributed by atoms with E-state index in [0.29, 0.717) is 5.69 Å². The summed E-state index contributed by atoms with van der Waals surface area (Å²) in [7, 11) is 1.58. The van der Waals surface area contributed by atoms with E-state index in [2.05, 4.69) is 19.9 Å². The van der Waals surface area contributed by atoms with Crippen molar-refractivity contribution in [1.82, 2.24) is 19.9 Å². The van der Waals surface area contributed by atoms with E-state index in [0.717, 1.165) is 15.6 Å². The average Bonchev–Trinajstić information content (AvgIpc) is 2.84. The Bertz CT molecular complexity index is 490. The topological polar surface area (TPSA) is 67.8 Å². The van der Waals surface area contributed by atoms with Crippen molar-refractivity contribution in [2.45, 2.75) is 6.92 Å². The lowest BCUT2D eigenvalue weighted by Crippen LogP contribution is -2.17. The van der Waals surface area contributed by atoms with Crippen molar-refractivity contribution in [3.8, 4) is 9.88 Å². The summed E-state index contributed by atoms with van der Waals surface area (Å²) in [5.41, 5.74) is 1.28. The highest BCUT2D eigenvalue weighted by atomic mass is 32.1. The first-order valence-electron chi connectivity index (χ1n) is 4.19. The quantitative estimate of drug-likeness (QED) is 0.860. The third-order valence-corrected chi connectivity index (χ3v) is 3.63. The van der Waals surface area contributed by atoms with Crippen molar-refractivity contribution in [1.29, 1.82) is 0 Å². The normalized spacial score (nSPS) is 10.3. The lowest BCUT2D eigenvalue weighted by atomic mass is 10.4. The summed E-state index contributed by atoms with van der Waals surface area (Å²) >= 11 is 2.71. The minimum Gasteiger partial charge on any atom is -0.354 e. The van der Waals surface area contributed by atoms with E-state index in [1.54, 1.807) is 12.4 Å². The van der Waals surface area contributed by atoms with Gasteiger partial charge in [-0.05, 0) is 18.5 Å². The van der Waals surface area contributed by atoms with Gasteiger partial charge in [0.05, 0.1) is 5.69 Å². The minimum absolute atomic E-state index is 0.173. The highest BCUT2D eigenvalue weighted by molar-refractivity contribution is 7.18. The zero-order chi connectivity index (χ0) is 10.8. The number of hydrogen-bond acceptors (Lipinski definition) is 6. The number of nitrogens with one attached hydrogen (secondary N) is 1. The van der Waals surface area contributed by atoms with Crippen LogP contribution in [0.2, 0.25) is 0 Å². The first-order valence-corrected chi connectivity index (χ1v) is 5.84. The number of carbonyl (C=O) groups excluding carboxylic acids is 1. The third-order valence-electron chi connectivity index (χ3n) is 1.81. The summed E-state index contributed by atoms with van der Waals surface area (Å²) in [5.74, 6) is -0.173. The zero-order valence-electron chi connectivity index (χ0n) is 8.14. The van der Waals surface area contributed by atoms with E-state index in [1.165, 1.54) is 22.9 Å². The lowest BCUT2D eigenvalue weighted by Gasteiger charge is -1.92. The van der Waals surface area contributed by atoms with Gasteiger partial charge in [0.1, 0.15) is 15.6 Å². The van der Waals surface area contributed by atoms with E-state index >= 15 is 0 Å². The molecule has 0 radical (unpaired) electrons. The second kappa shape index (κ2) is 4.03. The van der Waals surface area contributed by atoms with E-state index in [1.807, 2.05) is 6.92 Å². The fourth-order valence-electron chi connectivity index (χ4n) is 1.04. The van der Waals surface area contributed by atoms with Crippen LogP contribution in [0.5, 0.6) is 0 Å². The standard InChI is InChI=1S/C8H8N4OS2/c1-4-6(15-12-11-4)8-10-5(3-14-8)7(13)9-2/h3H,1-2H3,(H,9,13). The maximum atomic E-state index is 11.3. The van der Waals surface area contributed by atoms with Crippen LogP contribution in [0.1, 0.15) is 16.2 Å². The molecule has 0 fully saturated rings. The SMILES string of the molecule is CNC(=O)c1csc(-c2snnc2C)n1. The van der Waals surface area contributed by atoms with Gasteiger partial charge >= 0.3 is 0 Å². The maximum Gasteiger partial charge on any atom is 0.270 e. The molecule has 1 N–H and O–H groups in total. The molecule has 7 heteroatoms. The number of aromatic nitrogens is 3. The van der Waals surface area contributed by atoms with Gasteiger partial charge in [0.2, 0.25) is 0 Å². The van der Waals surface area contributed by atoms with E-state index in [-0.39, 0.29) is 5.91 Å². The van der Waals surface area contributed by atoms with Crippen LogP contribution in [-0.2, 0) is 0 Å². The lowest BCUT2D eigenvalue weighted by molar-refractivity contribution is 0.0959. The van der Waals surface area contributed by atoms with E-state index < -0.39 is 0 Å². The van der Waals surface area contributed by atoms with Gasteiger partial charge in [-0.25, -0.2) is 4.98 Å². The smallest absolute Gasteiger partial charge is 0.270 e. The monoisotopic (exact) mass is 240 g/mol. The summed E-state index contributed by atoms with van der Waals surface area (Å²) in [5, 5.41) is 8.96. The summed E-state index contributed by atoms with van der Waals surface area (Å²) in [6, 6.07) is 0. The fraction of sp³-hybridized carbons (Fsp3) is 0.250. The zero-order valence-corrected chi connectivity index (χ0v) is 9.78. The molecule has 0 aromatic carbocycles. The van der Waals surface area contributed by atoms with Crippen molar-refractivity contribution in [2.75, 3.05) is 7.05 Å². The molecule has 0 spiro atoms. The molecule has 78 valence electrons. The molecule has 0 atom stereocenters. The van der Waals surface area contributed by atoms with Gasteiger partial charge in [0.25, 0.3) is 5.91 Å². The van der Waals surface area contributed by atoms with Gasteiger partial charge in [0.15, 0.2) is 0 Å². The van der Waals surface area contributed by atoms with Crippen molar-refractivity contribution >= 4 is 28.8 Å².